The molecule has 0 saturated carbocycles. The molecule has 1 aromatic carbocycles. The molecule has 2 aromatic rings. The molecule has 0 bridgehead atoms. The molecule has 1 amide bonds. The Kier molecular flexibility index (Phi) is 6.26. The molecule has 1 heterocycles. The first-order valence-corrected chi connectivity index (χ1v) is 9.41. The lowest BCUT2D eigenvalue weighted by Gasteiger charge is -2.12. The van der Waals surface area contributed by atoms with Gasteiger partial charge < -0.3 is 15.0 Å². The molecule has 0 aliphatic heterocycles. The van der Waals surface area contributed by atoms with Crippen molar-refractivity contribution in [1.82, 2.24) is 15.2 Å². The van der Waals surface area contributed by atoms with Gasteiger partial charge >= 0.3 is 0 Å². The summed E-state index contributed by atoms with van der Waals surface area (Å²) in [4.78, 5) is 18.7. The Morgan fingerprint density at radius 2 is 1.93 bits per heavy atom. The average molecular weight is 377 g/mol. The van der Waals surface area contributed by atoms with Crippen molar-refractivity contribution in [1.29, 1.82) is 0 Å². The van der Waals surface area contributed by atoms with Crippen LogP contribution in [-0.4, -0.2) is 50.1 Å². The van der Waals surface area contributed by atoms with E-state index in [-0.39, 0.29) is 5.91 Å². The Morgan fingerprint density at radius 3 is 2.61 bits per heavy atom. The summed E-state index contributed by atoms with van der Waals surface area (Å²) in [6, 6.07) is 10.0. The van der Waals surface area contributed by atoms with Crippen LogP contribution in [0.25, 0.3) is 17.2 Å². The average Bonchev–Trinajstić information content (AvgIpc) is 2.93. The first kappa shape index (κ1) is 19.8. The predicted molar refractivity (Wildman–Crippen MR) is 114 cm³/mol. The van der Waals surface area contributed by atoms with E-state index in [1.54, 1.807) is 19.5 Å². The molecule has 0 radical (unpaired) electrons. The van der Waals surface area contributed by atoms with E-state index < -0.39 is 0 Å². The van der Waals surface area contributed by atoms with Crippen LogP contribution in [0.1, 0.15) is 30.0 Å². The Hall–Kier alpha value is -2.92. The fraction of sp³-hybridized carbons (Fsp3) is 0.304. The molecule has 1 aliphatic carbocycles. The number of carbonyl (C=O) groups is 1. The van der Waals surface area contributed by atoms with Crippen molar-refractivity contribution in [3.8, 4) is 5.75 Å². The molecule has 0 fully saturated rings. The Morgan fingerprint density at radius 1 is 1.18 bits per heavy atom. The highest BCUT2D eigenvalue weighted by molar-refractivity contribution is 6.08. The molecule has 5 heteroatoms. The highest BCUT2D eigenvalue weighted by atomic mass is 16.5. The molecule has 5 nitrogen and oxygen atoms in total. The third-order valence-corrected chi connectivity index (χ3v) is 4.93. The van der Waals surface area contributed by atoms with Gasteiger partial charge in [0, 0.05) is 25.5 Å². The first-order valence-electron chi connectivity index (χ1n) is 9.41. The number of hydrogen-bond acceptors (Lipinski definition) is 4. The molecule has 0 unspecified atom stereocenters. The minimum absolute atomic E-state index is 0.0372. The van der Waals surface area contributed by atoms with Gasteiger partial charge in [-0.2, -0.15) is 0 Å². The molecule has 1 aliphatic rings. The van der Waals surface area contributed by atoms with Crippen LogP contribution in [-0.2, 0) is 4.79 Å². The van der Waals surface area contributed by atoms with Gasteiger partial charge in [-0.25, -0.2) is 0 Å². The zero-order valence-corrected chi connectivity index (χ0v) is 17.0. The molecule has 28 heavy (non-hydrogen) atoms. The van der Waals surface area contributed by atoms with Gasteiger partial charge in [0.25, 0.3) is 0 Å². The fourth-order valence-corrected chi connectivity index (χ4v) is 3.38. The van der Waals surface area contributed by atoms with Crippen LogP contribution < -0.4 is 10.1 Å². The lowest BCUT2D eigenvalue weighted by Crippen LogP contribution is -2.31. The Bertz CT molecular complexity index is 915. The second-order valence-electron chi connectivity index (χ2n) is 7.18. The summed E-state index contributed by atoms with van der Waals surface area (Å²) in [5.74, 6) is 0.831. The van der Waals surface area contributed by atoms with Crippen molar-refractivity contribution in [2.45, 2.75) is 13.3 Å². The van der Waals surface area contributed by atoms with Crippen LogP contribution in [0.2, 0.25) is 0 Å². The zero-order valence-electron chi connectivity index (χ0n) is 17.0. The number of benzene rings is 1. The molecule has 1 N–H and O–H groups in total. The number of aromatic nitrogens is 1. The molecule has 3 rings (SSSR count). The van der Waals surface area contributed by atoms with E-state index in [2.05, 4.69) is 34.3 Å². The molecule has 0 saturated heterocycles. The third-order valence-electron chi connectivity index (χ3n) is 4.93. The summed E-state index contributed by atoms with van der Waals surface area (Å²) in [6.45, 7) is 3.55. The lowest BCUT2D eigenvalue weighted by atomic mass is 10.0. The van der Waals surface area contributed by atoms with Gasteiger partial charge in [0.15, 0.2) is 0 Å². The fourth-order valence-electron chi connectivity index (χ4n) is 3.38. The van der Waals surface area contributed by atoms with E-state index in [4.69, 9.17) is 4.74 Å². The van der Waals surface area contributed by atoms with E-state index in [0.29, 0.717) is 13.0 Å². The van der Waals surface area contributed by atoms with Gasteiger partial charge in [-0.05, 0) is 84.8 Å². The van der Waals surface area contributed by atoms with E-state index in [1.807, 2.05) is 38.4 Å². The number of carbonyl (C=O) groups excluding carboxylic acids is 1. The number of methoxy groups -OCH3 is 1. The summed E-state index contributed by atoms with van der Waals surface area (Å²) >= 11 is 0. The maximum Gasteiger partial charge on any atom is 0.224 e. The maximum absolute atomic E-state index is 12.5. The predicted octanol–water partition coefficient (Wildman–Crippen LogP) is 3.49. The molecular weight excluding hydrogens is 350 g/mol. The van der Waals surface area contributed by atoms with E-state index in [1.165, 1.54) is 0 Å². The number of likely N-dealkylation sites (N-methyl/N-ethyl adjacent to an activating group) is 1. The topological polar surface area (TPSA) is 54.5 Å². The first-order chi connectivity index (χ1) is 13.5. The summed E-state index contributed by atoms with van der Waals surface area (Å²) < 4.78 is 5.42. The van der Waals surface area contributed by atoms with E-state index in [0.717, 1.165) is 45.7 Å². The van der Waals surface area contributed by atoms with Crippen molar-refractivity contribution in [2.75, 3.05) is 34.3 Å². The molecule has 0 atom stereocenters. The van der Waals surface area contributed by atoms with Crippen molar-refractivity contribution >= 4 is 23.1 Å². The van der Waals surface area contributed by atoms with Crippen LogP contribution in [0.5, 0.6) is 5.75 Å². The third kappa shape index (κ3) is 4.49. The summed E-state index contributed by atoms with van der Waals surface area (Å²) in [7, 11) is 5.65. The van der Waals surface area contributed by atoms with Gasteiger partial charge in [0.2, 0.25) is 5.91 Å². The Labute approximate surface area is 166 Å². The monoisotopic (exact) mass is 377 g/mol. The number of amides is 1. The number of ether oxygens (including phenoxy) is 1. The quantitative estimate of drug-likeness (QED) is 0.803. The molecule has 0 spiro atoms. The standard InChI is InChI=1S/C23H27N3O2/c1-16-20(13-17-7-9-24-10-8-17)19-6-5-18(28-4)14-22(19)21(16)15-23(27)25-11-12-26(2)3/h5-10,13-14H,11-12,15H2,1-4H3,(H,25,27)/b20-13-. The highest BCUT2D eigenvalue weighted by Crippen LogP contribution is 2.44. The number of pyridine rings is 1. The van der Waals surface area contributed by atoms with Gasteiger partial charge in [0.05, 0.1) is 13.5 Å². The largest absolute Gasteiger partial charge is 0.497 e. The second-order valence-corrected chi connectivity index (χ2v) is 7.18. The highest BCUT2D eigenvalue weighted by Gasteiger charge is 2.25. The van der Waals surface area contributed by atoms with Gasteiger partial charge in [-0.3, -0.25) is 9.78 Å². The van der Waals surface area contributed by atoms with Crippen LogP contribution in [0.15, 0.2) is 48.3 Å². The number of nitrogens with one attached hydrogen (secondary N) is 1. The van der Waals surface area contributed by atoms with Crippen LogP contribution in [0, 0.1) is 0 Å². The maximum atomic E-state index is 12.5. The van der Waals surface area contributed by atoms with Crippen molar-refractivity contribution < 1.29 is 9.53 Å². The van der Waals surface area contributed by atoms with Crippen molar-refractivity contribution in [3.05, 3.63) is 65.0 Å². The van der Waals surface area contributed by atoms with E-state index >= 15 is 0 Å². The molecule has 146 valence electrons. The minimum atomic E-state index is 0.0372. The minimum Gasteiger partial charge on any atom is -0.497 e. The normalized spacial score (nSPS) is 14.5. The summed E-state index contributed by atoms with van der Waals surface area (Å²) in [5.41, 5.74) is 6.60. The number of allylic oxidation sites excluding steroid dienone is 2. The number of rotatable bonds is 7. The summed E-state index contributed by atoms with van der Waals surface area (Å²) in [5, 5.41) is 3.01. The van der Waals surface area contributed by atoms with Crippen molar-refractivity contribution in [3.63, 3.8) is 0 Å². The smallest absolute Gasteiger partial charge is 0.224 e. The molecular formula is C23H27N3O2. The number of nitrogens with zero attached hydrogens (tertiary/aromatic N) is 2. The molecule has 1 aromatic heterocycles. The van der Waals surface area contributed by atoms with Gasteiger partial charge in [-0.1, -0.05) is 6.07 Å². The van der Waals surface area contributed by atoms with Gasteiger partial charge in [0.1, 0.15) is 5.75 Å². The van der Waals surface area contributed by atoms with Crippen LogP contribution in [0.3, 0.4) is 0 Å². The van der Waals surface area contributed by atoms with Crippen molar-refractivity contribution in [2.24, 2.45) is 0 Å². The lowest BCUT2D eigenvalue weighted by molar-refractivity contribution is -0.120. The van der Waals surface area contributed by atoms with E-state index in [9.17, 15) is 4.79 Å². The zero-order chi connectivity index (χ0) is 20.1. The van der Waals surface area contributed by atoms with Crippen LogP contribution in [0.4, 0.5) is 0 Å². The number of fused-ring (bicyclic) bond motifs is 1. The van der Waals surface area contributed by atoms with Crippen LogP contribution >= 0.6 is 0 Å². The Balaban J connectivity index is 1.93. The second kappa shape index (κ2) is 8.85. The summed E-state index contributed by atoms with van der Waals surface area (Å²) in [6.07, 6.45) is 6.08. The van der Waals surface area contributed by atoms with Gasteiger partial charge in [-0.15, -0.1) is 0 Å². The number of hydrogen-bond donors (Lipinski definition) is 1. The SMILES string of the molecule is COc1ccc2c(c1)C(CC(=O)NCCN(C)C)=C(C)/C2=C/c1ccncc1.